The van der Waals surface area contributed by atoms with Crippen molar-refractivity contribution in [2.24, 2.45) is 5.92 Å². The van der Waals surface area contributed by atoms with Gasteiger partial charge in [-0.05, 0) is 74.4 Å². The van der Waals surface area contributed by atoms with Crippen LogP contribution in [0.4, 0.5) is 11.5 Å². The third kappa shape index (κ3) is 3.60. The number of rotatable bonds is 4. The Hall–Kier alpha value is -1.78. The number of halogens is 1. The van der Waals surface area contributed by atoms with Gasteiger partial charge in [-0.2, -0.15) is 0 Å². The molecule has 1 N–H and O–H groups in total. The molecule has 2 fully saturated rings. The Morgan fingerprint density at radius 2 is 2.00 bits per heavy atom. The van der Waals surface area contributed by atoms with E-state index < -0.39 is 0 Å². The molecule has 28 heavy (non-hydrogen) atoms. The van der Waals surface area contributed by atoms with Crippen LogP contribution < -0.4 is 15.1 Å². The van der Waals surface area contributed by atoms with Gasteiger partial charge >= 0.3 is 0 Å². The van der Waals surface area contributed by atoms with Gasteiger partial charge in [0.05, 0.1) is 5.02 Å². The SMILES string of the molecule is Clc1cnc(N2CCCCC2)cc1-c1ccc2c(c1)N(CC1CCNC1)CC2. The van der Waals surface area contributed by atoms with Crippen LogP contribution in [0.25, 0.3) is 11.1 Å². The Kier molecular flexibility index (Phi) is 5.17. The third-order valence-electron chi connectivity index (χ3n) is 6.55. The van der Waals surface area contributed by atoms with Crippen LogP contribution in [0.5, 0.6) is 0 Å². The first kappa shape index (κ1) is 18.3. The van der Waals surface area contributed by atoms with Gasteiger partial charge in [-0.3, -0.25) is 0 Å². The number of fused-ring (bicyclic) bond motifs is 1. The molecule has 1 atom stereocenters. The molecule has 5 rings (SSSR count). The molecule has 0 aliphatic carbocycles. The minimum atomic E-state index is 0.741. The lowest BCUT2D eigenvalue weighted by atomic mass is 10.0. The zero-order valence-electron chi connectivity index (χ0n) is 16.5. The number of nitrogens with zero attached hydrogens (tertiary/aromatic N) is 3. The number of nitrogens with one attached hydrogen (secondary N) is 1. The lowest BCUT2D eigenvalue weighted by molar-refractivity contribution is 0.567. The maximum atomic E-state index is 6.59. The minimum Gasteiger partial charge on any atom is -0.371 e. The first-order chi connectivity index (χ1) is 13.8. The molecule has 0 saturated carbocycles. The van der Waals surface area contributed by atoms with Gasteiger partial charge in [0.25, 0.3) is 0 Å². The molecule has 0 bridgehead atoms. The summed E-state index contributed by atoms with van der Waals surface area (Å²) < 4.78 is 0. The number of hydrogen-bond acceptors (Lipinski definition) is 4. The van der Waals surface area contributed by atoms with Gasteiger partial charge in [0.1, 0.15) is 5.82 Å². The molecule has 4 nitrogen and oxygen atoms in total. The van der Waals surface area contributed by atoms with Crippen LogP contribution in [0.15, 0.2) is 30.5 Å². The van der Waals surface area contributed by atoms with Crippen molar-refractivity contribution in [3.63, 3.8) is 0 Å². The van der Waals surface area contributed by atoms with Gasteiger partial charge in [-0.1, -0.05) is 23.7 Å². The van der Waals surface area contributed by atoms with E-state index in [-0.39, 0.29) is 0 Å². The zero-order chi connectivity index (χ0) is 18.9. The van der Waals surface area contributed by atoms with Gasteiger partial charge in [0.15, 0.2) is 0 Å². The van der Waals surface area contributed by atoms with Crippen molar-refractivity contribution in [2.45, 2.75) is 32.1 Å². The number of hydrogen-bond donors (Lipinski definition) is 1. The van der Waals surface area contributed by atoms with Crippen LogP contribution in [-0.4, -0.2) is 44.3 Å². The Balaban J connectivity index is 1.43. The lowest BCUT2D eigenvalue weighted by Crippen LogP contribution is -2.30. The molecule has 0 spiro atoms. The number of piperidine rings is 1. The van der Waals surface area contributed by atoms with E-state index in [0.717, 1.165) is 68.0 Å². The van der Waals surface area contributed by atoms with E-state index in [1.54, 1.807) is 0 Å². The van der Waals surface area contributed by atoms with E-state index in [1.807, 2.05) is 6.20 Å². The highest BCUT2D eigenvalue weighted by molar-refractivity contribution is 6.33. The van der Waals surface area contributed by atoms with Crippen molar-refractivity contribution in [3.8, 4) is 11.1 Å². The Morgan fingerprint density at radius 3 is 2.82 bits per heavy atom. The summed E-state index contributed by atoms with van der Waals surface area (Å²) in [6.07, 6.45) is 8.11. The standard InChI is InChI=1S/C23H29ClN4/c24-21-15-26-23(27-9-2-1-3-10-27)13-20(21)19-5-4-18-7-11-28(22(18)12-19)16-17-6-8-25-14-17/h4-5,12-13,15,17,25H,1-3,6-11,14,16H2. The highest BCUT2D eigenvalue weighted by Gasteiger charge is 2.25. The smallest absolute Gasteiger partial charge is 0.129 e. The highest BCUT2D eigenvalue weighted by atomic mass is 35.5. The predicted octanol–water partition coefficient (Wildman–Crippen LogP) is 4.36. The van der Waals surface area contributed by atoms with Crippen LogP contribution in [-0.2, 0) is 6.42 Å². The van der Waals surface area contributed by atoms with Crippen LogP contribution >= 0.6 is 11.6 Å². The Morgan fingerprint density at radius 1 is 1.11 bits per heavy atom. The summed E-state index contributed by atoms with van der Waals surface area (Å²) in [5, 5.41) is 4.24. The number of benzene rings is 1. The first-order valence-electron chi connectivity index (χ1n) is 10.8. The van der Waals surface area contributed by atoms with Crippen molar-refractivity contribution in [1.29, 1.82) is 0 Å². The highest BCUT2D eigenvalue weighted by Crippen LogP contribution is 2.37. The zero-order valence-corrected chi connectivity index (χ0v) is 17.2. The number of pyridine rings is 1. The molecular weight excluding hydrogens is 368 g/mol. The van der Waals surface area contributed by atoms with Crippen molar-refractivity contribution < 1.29 is 0 Å². The second-order valence-corrected chi connectivity index (χ2v) is 8.88. The van der Waals surface area contributed by atoms with Gasteiger partial charge < -0.3 is 15.1 Å². The first-order valence-corrected chi connectivity index (χ1v) is 11.2. The van der Waals surface area contributed by atoms with Crippen molar-refractivity contribution in [2.75, 3.05) is 49.1 Å². The summed E-state index contributed by atoms with van der Waals surface area (Å²) in [7, 11) is 0. The van der Waals surface area contributed by atoms with Crippen molar-refractivity contribution >= 4 is 23.1 Å². The van der Waals surface area contributed by atoms with E-state index >= 15 is 0 Å². The van der Waals surface area contributed by atoms with Gasteiger partial charge in [0, 0.05) is 43.6 Å². The summed E-state index contributed by atoms with van der Waals surface area (Å²) in [6, 6.07) is 9.08. The summed E-state index contributed by atoms with van der Waals surface area (Å²) in [5.41, 5.74) is 5.18. The van der Waals surface area contributed by atoms with Crippen molar-refractivity contribution in [3.05, 3.63) is 41.0 Å². The topological polar surface area (TPSA) is 31.4 Å². The monoisotopic (exact) mass is 396 g/mol. The van der Waals surface area contributed by atoms with Gasteiger partial charge in [-0.15, -0.1) is 0 Å². The maximum Gasteiger partial charge on any atom is 0.129 e. The van der Waals surface area contributed by atoms with Crippen molar-refractivity contribution in [1.82, 2.24) is 10.3 Å². The summed E-state index contributed by atoms with van der Waals surface area (Å²) >= 11 is 6.59. The molecule has 1 aromatic carbocycles. The molecule has 148 valence electrons. The molecule has 0 radical (unpaired) electrons. The summed E-state index contributed by atoms with van der Waals surface area (Å²) in [5.74, 6) is 1.83. The molecule has 1 unspecified atom stereocenters. The maximum absolute atomic E-state index is 6.59. The molecule has 2 aromatic rings. The Bertz CT molecular complexity index is 840. The lowest BCUT2D eigenvalue weighted by Gasteiger charge is -2.28. The minimum absolute atomic E-state index is 0.741. The second kappa shape index (κ2) is 7.92. The second-order valence-electron chi connectivity index (χ2n) is 8.47. The molecule has 2 saturated heterocycles. The molecule has 1 aromatic heterocycles. The fourth-order valence-corrected chi connectivity index (χ4v) is 5.14. The van der Waals surface area contributed by atoms with Gasteiger partial charge in [0.2, 0.25) is 0 Å². The fraction of sp³-hybridized carbons (Fsp3) is 0.522. The van der Waals surface area contributed by atoms with Crippen LogP contribution in [0.2, 0.25) is 5.02 Å². The predicted molar refractivity (Wildman–Crippen MR) is 118 cm³/mol. The van der Waals surface area contributed by atoms with Crippen LogP contribution in [0, 0.1) is 5.92 Å². The molecule has 3 aliphatic rings. The van der Waals surface area contributed by atoms with Gasteiger partial charge in [-0.25, -0.2) is 4.98 Å². The van der Waals surface area contributed by atoms with Crippen LogP contribution in [0.3, 0.4) is 0 Å². The average molecular weight is 397 g/mol. The normalized spacial score (nSPS) is 22.0. The average Bonchev–Trinajstić information content (AvgIpc) is 3.39. The van der Waals surface area contributed by atoms with E-state index in [0.29, 0.717) is 0 Å². The Labute approximate surface area is 172 Å². The third-order valence-corrected chi connectivity index (χ3v) is 6.85. The molecule has 4 heterocycles. The van der Waals surface area contributed by atoms with E-state index in [9.17, 15) is 0 Å². The van der Waals surface area contributed by atoms with E-state index in [2.05, 4.69) is 44.4 Å². The molecule has 3 aliphatic heterocycles. The quantitative estimate of drug-likeness (QED) is 0.831. The number of aromatic nitrogens is 1. The largest absolute Gasteiger partial charge is 0.371 e. The summed E-state index contributed by atoms with van der Waals surface area (Å²) in [4.78, 5) is 9.60. The van der Waals surface area contributed by atoms with Crippen LogP contribution in [0.1, 0.15) is 31.2 Å². The molecular formula is C23H29ClN4. The number of anilines is 2. The fourth-order valence-electron chi connectivity index (χ4n) is 4.93. The van der Waals surface area contributed by atoms with E-state index in [4.69, 9.17) is 11.6 Å². The molecule has 0 amide bonds. The summed E-state index contributed by atoms with van der Waals surface area (Å²) in [6.45, 7) is 6.81. The molecule has 5 heteroatoms. The van der Waals surface area contributed by atoms with E-state index in [1.165, 1.54) is 42.5 Å².